The molecule has 0 radical (unpaired) electrons. The van der Waals surface area contributed by atoms with Gasteiger partial charge in [-0.1, -0.05) is 23.7 Å². The Bertz CT molecular complexity index is 477. The molecule has 0 aliphatic carbocycles. The summed E-state index contributed by atoms with van der Waals surface area (Å²) in [7, 11) is 1.66. The first-order valence-electron chi connectivity index (χ1n) is 4.44. The van der Waals surface area contributed by atoms with Crippen LogP contribution in [0.4, 0.5) is 0 Å². The van der Waals surface area contributed by atoms with E-state index in [-0.39, 0.29) is 0 Å². The number of rotatable bonds is 1. The van der Waals surface area contributed by atoms with Crippen molar-refractivity contribution in [3.63, 3.8) is 0 Å². The number of aryl methyl sites for hydroxylation is 1. The van der Waals surface area contributed by atoms with Crippen LogP contribution in [0.2, 0.25) is 5.02 Å². The molecule has 0 fully saturated rings. The fourth-order valence-corrected chi connectivity index (χ4v) is 1.90. The van der Waals surface area contributed by atoms with Crippen molar-refractivity contribution in [2.24, 2.45) is 0 Å². The van der Waals surface area contributed by atoms with Gasteiger partial charge < -0.3 is 4.74 Å². The summed E-state index contributed by atoms with van der Waals surface area (Å²) in [6.07, 6.45) is 0. The Kier molecular flexibility index (Phi) is 2.34. The number of ether oxygens (including phenoxy) is 1. The van der Waals surface area contributed by atoms with E-state index in [1.807, 2.05) is 31.2 Å². The maximum atomic E-state index is 6.14. The lowest BCUT2D eigenvalue weighted by molar-refractivity contribution is 0.415. The van der Waals surface area contributed by atoms with E-state index in [2.05, 4.69) is 6.07 Å². The van der Waals surface area contributed by atoms with Crippen LogP contribution in [0.1, 0.15) is 5.56 Å². The molecule has 0 aliphatic heterocycles. The second-order valence-corrected chi connectivity index (χ2v) is 3.74. The third-order valence-corrected chi connectivity index (χ3v) is 2.57. The summed E-state index contributed by atoms with van der Waals surface area (Å²) in [6, 6.07) is 9.99. The summed E-state index contributed by atoms with van der Waals surface area (Å²) in [4.78, 5) is 0. The molecule has 2 rings (SSSR count). The molecule has 0 bridgehead atoms. The van der Waals surface area contributed by atoms with Crippen LogP contribution in [0, 0.1) is 6.92 Å². The predicted molar refractivity (Wildman–Crippen MR) is 60.2 cm³/mol. The Balaban J connectivity index is 2.75. The van der Waals surface area contributed by atoms with Gasteiger partial charge in [0.25, 0.3) is 0 Å². The number of hydrogen-bond donors (Lipinski definition) is 0. The Morgan fingerprint density at radius 2 is 1.93 bits per heavy atom. The minimum absolute atomic E-state index is 0.777. The Morgan fingerprint density at radius 1 is 1.14 bits per heavy atom. The minimum atomic E-state index is 0.777. The van der Waals surface area contributed by atoms with Crippen LogP contribution >= 0.6 is 11.6 Å². The van der Waals surface area contributed by atoms with E-state index in [4.69, 9.17) is 16.3 Å². The van der Waals surface area contributed by atoms with E-state index in [0.29, 0.717) is 0 Å². The third-order valence-electron chi connectivity index (χ3n) is 2.26. The molecule has 0 saturated heterocycles. The van der Waals surface area contributed by atoms with Crippen molar-refractivity contribution < 1.29 is 4.74 Å². The highest BCUT2D eigenvalue weighted by molar-refractivity contribution is 6.35. The van der Waals surface area contributed by atoms with Crippen LogP contribution in [0.25, 0.3) is 10.8 Å². The Morgan fingerprint density at radius 3 is 2.64 bits per heavy atom. The van der Waals surface area contributed by atoms with Crippen molar-refractivity contribution in [1.29, 1.82) is 0 Å². The molecule has 0 spiro atoms. The number of methoxy groups -OCH3 is 1. The Labute approximate surface area is 88.3 Å². The van der Waals surface area contributed by atoms with Crippen molar-refractivity contribution in [1.82, 2.24) is 0 Å². The molecule has 0 amide bonds. The van der Waals surface area contributed by atoms with E-state index in [0.717, 1.165) is 21.5 Å². The van der Waals surface area contributed by atoms with Crippen molar-refractivity contribution in [2.45, 2.75) is 6.92 Å². The van der Waals surface area contributed by atoms with Gasteiger partial charge in [0.2, 0.25) is 0 Å². The maximum Gasteiger partial charge on any atom is 0.119 e. The fraction of sp³-hybridized carbons (Fsp3) is 0.167. The van der Waals surface area contributed by atoms with E-state index in [1.165, 1.54) is 5.56 Å². The molecule has 0 heterocycles. The molecule has 0 aromatic heterocycles. The fourth-order valence-electron chi connectivity index (χ4n) is 1.56. The zero-order valence-corrected chi connectivity index (χ0v) is 8.93. The second-order valence-electron chi connectivity index (χ2n) is 3.33. The zero-order valence-electron chi connectivity index (χ0n) is 8.17. The average molecular weight is 207 g/mol. The monoisotopic (exact) mass is 206 g/mol. The van der Waals surface area contributed by atoms with Gasteiger partial charge in [-0.05, 0) is 36.1 Å². The molecular weight excluding hydrogens is 196 g/mol. The Hall–Kier alpha value is -1.21. The van der Waals surface area contributed by atoms with Crippen LogP contribution in [0.15, 0.2) is 30.3 Å². The minimum Gasteiger partial charge on any atom is -0.497 e. The summed E-state index contributed by atoms with van der Waals surface area (Å²) in [5, 5.41) is 2.96. The van der Waals surface area contributed by atoms with E-state index in [9.17, 15) is 0 Å². The second kappa shape index (κ2) is 3.50. The van der Waals surface area contributed by atoms with Crippen LogP contribution in [0.5, 0.6) is 5.75 Å². The maximum absolute atomic E-state index is 6.14. The molecule has 0 atom stereocenters. The van der Waals surface area contributed by atoms with Gasteiger partial charge in [-0.2, -0.15) is 0 Å². The summed E-state index contributed by atoms with van der Waals surface area (Å²) in [6.45, 7) is 2.04. The number of hydrogen-bond acceptors (Lipinski definition) is 1. The van der Waals surface area contributed by atoms with E-state index >= 15 is 0 Å². The van der Waals surface area contributed by atoms with Gasteiger partial charge in [-0.25, -0.2) is 0 Å². The van der Waals surface area contributed by atoms with Gasteiger partial charge in [0.1, 0.15) is 5.75 Å². The zero-order chi connectivity index (χ0) is 10.1. The van der Waals surface area contributed by atoms with Crippen molar-refractivity contribution in [2.75, 3.05) is 7.11 Å². The molecule has 1 nitrogen and oxygen atoms in total. The van der Waals surface area contributed by atoms with Crippen molar-refractivity contribution >= 4 is 22.4 Å². The molecule has 0 N–H and O–H groups in total. The van der Waals surface area contributed by atoms with Gasteiger partial charge in [0, 0.05) is 10.4 Å². The highest BCUT2D eigenvalue weighted by Crippen LogP contribution is 2.28. The first-order chi connectivity index (χ1) is 6.70. The van der Waals surface area contributed by atoms with Crippen LogP contribution in [0.3, 0.4) is 0 Å². The van der Waals surface area contributed by atoms with Crippen LogP contribution in [-0.4, -0.2) is 7.11 Å². The van der Waals surface area contributed by atoms with Gasteiger partial charge in [-0.15, -0.1) is 0 Å². The lowest BCUT2D eigenvalue weighted by Crippen LogP contribution is -1.83. The summed E-state index contributed by atoms with van der Waals surface area (Å²) < 4.78 is 5.15. The summed E-state index contributed by atoms with van der Waals surface area (Å²) in [5.74, 6) is 0.836. The van der Waals surface area contributed by atoms with Gasteiger partial charge in [0.05, 0.1) is 7.11 Å². The van der Waals surface area contributed by atoms with Gasteiger partial charge in [-0.3, -0.25) is 0 Å². The van der Waals surface area contributed by atoms with Crippen LogP contribution < -0.4 is 4.74 Å². The smallest absolute Gasteiger partial charge is 0.119 e. The number of halogens is 1. The first-order valence-corrected chi connectivity index (χ1v) is 4.82. The number of fused-ring (bicyclic) bond motifs is 1. The summed E-state index contributed by atoms with van der Waals surface area (Å²) >= 11 is 6.14. The quantitative estimate of drug-likeness (QED) is 0.690. The SMILES string of the molecule is COc1ccc2cc(C)cc(Cl)c2c1. The van der Waals surface area contributed by atoms with Gasteiger partial charge >= 0.3 is 0 Å². The van der Waals surface area contributed by atoms with Crippen molar-refractivity contribution in [3.8, 4) is 5.75 Å². The highest BCUT2D eigenvalue weighted by atomic mass is 35.5. The molecule has 0 unspecified atom stereocenters. The molecule has 2 aromatic carbocycles. The normalized spacial score (nSPS) is 10.5. The van der Waals surface area contributed by atoms with E-state index < -0.39 is 0 Å². The highest BCUT2D eigenvalue weighted by Gasteiger charge is 2.01. The lowest BCUT2D eigenvalue weighted by atomic mass is 10.1. The third kappa shape index (κ3) is 1.55. The predicted octanol–water partition coefficient (Wildman–Crippen LogP) is 3.81. The molecule has 72 valence electrons. The first kappa shape index (κ1) is 9.35. The molecule has 2 heteroatoms. The standard InChI is InChI=1S/C12H11ClO/c1-8-5-9-3-4-10(14-2)7-11(9)12(13)6-8/h3-7H,1-2H3. The lowest BCUT2D eigenvalue weighted by Gasteiger charge is -2.05. The topological polar surface area (TPSA) is 9.23 Å². The number of benzene rings is 2. The largest absolute Gasteiger partial charge is 0.497 e. The summed E-state index contributed by atoms with van der Waals surface area (Å²) in [5.41, 5.74) is 1.17. The molecule has 0 saturated carbocycles. The molecule has 14 heavy (non-hydrogen) atoms. The molecule has 0 aliphatic rings. The van der Waals surface area contributed by atoms with Crippen molar-refractivity contribution in [3.05, 3.63) is 40.9 Å². The van der Waals surface area contributed by atoms with Crippen LogP contribution in [-0.2, 0) is 0 Å². The average Bonchev–Trinajstić information content (AvgIpc) is 2.17. The molecular formula is C12H11ClO. The van der Waals surface area contributed by atoms with E-state index in [1.54, 1.807) is 7.11 Å². The van der Waals surface area contributed by atoms with Gasteiger partial charge in [0.15, 0.2) is 0 Å². The molecule has 2 aromatic rings.